The minimum Gasteiger partial charge on any atom is -0.338 e. The summed E-state index contributed by atoms with van der Waals surface area (Å²) in [6.07, 6.45) is 3.39. The van der Waals surface area contributed by atoms with Gasteiger partial charge in [0.2, 0.25) is 0 Å². The molecule has 1 aromatic carbocycles. The van der Waals surface area contributed by atoms with Crippen molar-refractivity contribution in [3.63, 3.8) is 0 Å². The Hall–Kier alpha value is -0.940. The largest absolute Gasteiger partial charge is 0.338 e. The lowest BCUT2D eigenvalue weighted by Crippen LogP contribution is -2.39. The summed E-state index contributed by atoms with van der Waals surface area (Å²) in [6, 6.07) is 6.56. The van der Waals surface area contributed by atoms with Crippen molar-refractivity contribution in [1.29, 1.82) is 0 Å². The van der Waals surface area contributed by atoms with Crippen LogP contribution in [0.4, 0.5) is 4.39 Å². The Morgan fingerprint density at radius 1 is 1.43 bits per heavy atom. The molecule has 1 fully saturated rings. The maximum Gasteiger partial charge on any atom is 0.263 e. The van der Waals surface area contributed by atoms with E-state index in [1.54, 1.807) is 6.07 Å². The van der Waals surface area contributed by atoms with E-state index in [9.17, 15) is 9.18 Å². The number of hydrogen-bond acceptors (Lipinski definition) is 2. The van der Waals surface area contributed by atoms with Gasteiger partial charge in [0.25, 0.3) is 5.91 Å². The lowest BCUT2D eigenvalue weighted by Gasteiger charge is -2.32. The zero-order valence-electron chi connectivity index (χ0n) is 11.6. The molecule has 5 heteroatoms. The highest BCUT2D eigenvalue weighted by Gasteiger charge is 2.25. The van der Waals surface area contributed by atoms with Gasteiger partial charge in [0.05, 0.1) is 4.88 Å². The highest BCUT2D eigenvalue weighted by molar-refractivity contribution is 9.09. The Morgan fingerprint density at radius 2 is 2.29 bits per heavy atom. The molecule has 0 saturated carbocycles. The van der Waals surface area contributed by atoms with Gasteiger partial charge in [0.1, 0.15) is 5.82 Å². The molecule has 1 saturated heterocycles. The Balaban J connectivity index is 1.79. The fraction of sp³-hybridized carbons (Fsp3) is 0.438. The van der Waals surface area contributed by atoms with Crippen LogP contribution in [-0.4, -0.2) is 29.2 Å². The Morgan fingerprint density at radius 3 is 3.10 bits per heavy atom. The van der Waals surface area contributed by atoms with Gasteiger partial charge >= 0.3 is 0 Å². The fourth-order valence-corrected chi connectivity index (χ4v) is 4.61. The smallest absolute Gasteiger partial charge is 0.263 e. The van der Waals surface area contributed by atoms with Gasteiger partial charge in [0, 0.05) is 23.1 Å². The molecule has 1 aromatic heterocycles. The van der Waals surface area contributed by atoms with Crippen LogP contribution in [0.3, 0.4) is 0 Å². The number of thiophene rings is 1. The van der Waals surface area contributed by atoms with Crippen LogP contribution >= 0.6 is 27.3 Å². The third-order valence-electron chi connectivity index (χ3n) is 4.02. The number of halogens is 2. The second kappa shape index (κ2) is 6.44. The van der Waals surface area contributed by atoms with E-state index in [0.717, 1.165) is 46.2 Å². The molecule has 1 atom stereocenters. The molecule has 0 N–H and O–H groups in total. The van der Waals surface area contributed by atoms with Crippen molar-refractivity contribution in [3.05, 3.63) is 35.0 Å². The van der Waals surface area contributed by atoms with Gasteiger partial charge in [-0.15, -0.1) is 11.3 Å². The highest BCUT2D eigenvalue weighted by atomic mass is 79.9. The van der Waals surface area contributed by atoms with Gasteiger partial charge in [-0.25, -0.2) is 4.39 Å². The minimum atomic E-state index is -0.251. The van der Waals surface area contributed by atoms with Crippen LogP contribution in [0.25, 0.3) is 10.1 Å². The van der Waals surface area contributed by atoms with Gasteiger partial charge in [-0.2, -0.15) is 0 Å². The van der Waals surface area contributed by atoms with E-state index in [2.05, 4.69) is 15.9 Å². The average Bonchev–Trinajstić information content (AvgIpc) is 2.90. The summed E-state index contributed by atoms with van der Waals surface area (Å²) in [5.41, 5.74) is 0. The number of carbonyl (C=O) groups is 1. The van der Waals surface area contributed by atoms with Crippen LogP contribution in [0.5, 0.6) is 0 Å². The summed E-state index contributed by atoms with van der Waals surface area (Å²) < 4.78 is 14.1. The minimum absolute atomic E-state index is 0.0934. The van der Waals surface area contributed by atoms with Crippen LogP contribution in [-0.2, 0) is 0 Å². The first-order valence-corrected chi connectivity index (χ1v) is 9.15. The lowest BCUT2D eigenvalue weighted by molar-refractivity contribution is 0.0677. The van der Waals surface area contributed by atoms with E-state index in [1.807, 2.05) is 11.0 Å². The number of fused-ring (bicyclic) bond motifs is 1. The van der Waals surface area contributed by atoms with E-state index < -0.39 is 0 Å². The van der Waals surface area contributed by atoms with Gasteiger partial charge in [-0.3, -0.25) is 4.79 Å². The monoisotopic (exact) mass is 369 g/mol. The summed E-state index contributed by atoms with van der Waals surface area (Å²) in [7, 11) is 0. The number of piperidine rings is 1. The van der Waals surface area contributed by atoms with Gasteiger partial charge < -0.3 is 4.90 Å². The van der Waals surface area contributed by atoms with Crippen LogP contribution in [0.15, 0.2) is 24.3 Å². The molecule has 0 spiro atoms. The summed E-state index contributed by atoms with van der Waals surface area (Å²) in [5.74, 6) is 0.434. The number of likely N-dealkylation sites (tertiary alicyclic amines) is 1. The van der Waals surface area contributed by atoms with Crippen molar-refractivity contribution in [3.8, 4) is 0 Å². The molecule has 1 amide bonds. The summed E-state index contributed by atoms with van der Waals surface area (Å²) >= 11 is 4.87. The number of amides is 1. The molecule has 3 rings (SSSR count). The number of nitrogens with zero attached hydrogens (tertiary/aromatic N) is 1. The first-order valence-electron chi connectivity index (χ1n) is 7.21. The van der Waals surface area contributed by atoms with Gasteiger partial charge in [-0.05, 0) is 48.8 Å². The molecular formula is C16H17BrFNOS. The Bertz CT molecular complexity index is 655. The van der Waals surface area contributed by atoms with E-state index in [0.29, 0.717) is 5.92 Å². The number of carbonyl (C=O) groups excluding carboxylic acids is 1. The first-order chi connectivity index (χ1) is 10.2. The van der Waals surface area contributed by atoms with Crippen molar-refractivity contribution in [2.75, 3.05) is 18.4 Å². The summed E-state index contributed by atoms with van der Waals surface area (Å²) in [5, 5.41) is 1.93. The number of alkyl halides is 1. The van der Waals surface area contributed by atoms with Crippen LogP contribution in [0.2, 0.25) is 0 Å². The van der Waals surface area contributed by atoms with E-state index in [-0.39, 0.29) is 11.7 Å². The van der Waals surface area contributed by atoms with Crippen LogP contribution in [0.1, 0.15) is 28.9 Å². The topological polar surface area (TPSA) is 20.3 Å². The first kappa shape index (κ1) is 15.0. The fourth-order valence-electron chi connectivity index (χ4n) is 2.91. The Labute approximate surface area is 136 Å². The molecule has 0 bridgehead atoms. The molecule has 21 heavy (non-hydrogen) atoms. The van der Waals surface area contributed by atoms with Crippen molar-refractivity contribution < 1.29 is 9.18 Å². The molecule has 2 nitrogen and oxygen atoms in total. The maximum atomic E-state index is 13.2. The van der Waals surface area contributed by atoms with E-state index in [1.165, 1.54) is 29.9 Å². The predicted molar refractivity (Wildman–Crippen MR) is 88.8 cm³/mol. The molecular weight excluding hydrogens is 353 g/mol. The molecule has 1 aliphatic rings. The molecule has 112 valence electrons. The van der Waals surface area contributed by atoms with Crippen molar-refractivity contribution in [1.82, 2.24) is 4.90 Å². The second-order valence-electron chi connectivity index (χ2n) is 5.53. The number of benzene rings is 1. The third kappa shape index (κ3) is 3.29. The molecule has 2 heterocycles. The Kier molecular flexibility index (Phi) is 4.60. The lowest BCUT2D eigenvalue weighted by atomic mass is 9.95. The van der Waals surface area contributed by atoms with E-state index >= 15 is 0 Å². The second-order valence-corrected chi connectivity index (χ2v) is 7.41. The molecule has 0 radical (unpaired) electrons. The molecule has 0 aliphatic carbocycles. The summed E-state index contributed by atoms with van der Waals surface area (Å²) in [4.78, 5) is 15.3. The molecule has 1 aliphatic heterocycles. The van der Waals surface area contributed by atoms with Crippen LogP contribution in [0, 0.1) is 11.7 Å². The SMILES string of the molecule is O=C(c1cc2ccc(F)cc2s1)N1CCCC(CCBr)C1. The van der Waals surface area contributed by atoms with Gasteiger partial charge in [0.15, 0.2) is 0 Å². The van der Waals surface area contributed by atoms with Crippen molar-refractivity contribution >= 4 is 43.3 Å². The quantitative estimate of drug-likeness (QED) is 0.719. The number of hydrogen-bond donors (Lipinski definition) is 0. The molecule has 2 aromatic rings. The van der Waals surface area contributed by atoms with Crippen LogP contribution < -0.4 is 0 Å². The standard InChI is InChI=1S/C16H17BrFNOS/c17-6-5-11-2-1-7-19(10-11)16(20)15-8-12-3-4-13(18)9-14(12)21-15/h3-4,8-9,11H,1-2,5-7,10H2. The summed E-state index contributed by atoms with van der Waals surface area (Å²) in [6.45, 7) is 1.67. The molecule has 1 unspecified atom stereocenters. The van der Waals surface area contributed by atoms with Gasteiger partial charge in [-0.1, -0.05) is 22.0 Å². The normalized spacial score (nSPS) is 19.1. The predicted octanol–water partition coefficient (Wildman–Crippen LogP) is 4.68. The van der Waals surface area contributed by atoms with Crippen molar-refractivity contribution in [2.24, 2.45) is 5.92 Å². The number of rotatable bonds is 3. The average molecular weight is 370 g/mol. The van der Waals surface area contributed by atoms with Crippen molar-refractivity contribution in [2.45, 2.75) is 19.3 Å². The maximum absolute atomic E-state index is 13.2. The highest BCUT2D eigenvalue weighted by Crippen LogP contribution is 2.29. The third-order valence-corrected chi connectivity index (χ3v) is 5.56. The zero-order chi connectivity index (χ0) is 14.8. The van der Waals surface area contributed by atoms with E-state index in [4.69, 9.17) is 0 Å². The zero-order valence-corrected chi connectivity index (χ0v) is 14.1.